The van der Waals surface area contributed by atoms with Gasteiger partial charge in [-0.25, -0.2) is 4.39 Å². The third-order valence-electron chi connectivity index (χ3n) is 4.08. The van der Waals surface area contributed by atoms with Crippen molar-refractivity contribution in [2.75, 3.05) is 5.32 Å². The molecule has 1 saturated carbocycles. The summed E-state index contributed by atoms with van der Waals surface area (Å²) in [7, 11) is 0. The molecule has 98 valence electrons. The Bertz CT molecular complexity index is 495. The number of anilines is 1. The van der Waals surface area contributed by atoms with E-state index in [-0.39, 0.29) is 17.0 Å². The summed E-state index contributed by atoms with van der Waals surface area (Å²) in [6, 6.07) is 3.06. The van der Waals surface area contributed by atoms with E-state index >= 15 is 0 Å². The van der Waals surface area contributed by atoms with Crippen LogP contribution in [0.4, 0.5) is 10.1 Å². The monoisotopic (exact) mass is 250 g/mol. The minimum Gasteiger partial charge on any atom is -0.382 e. The minimum absolute atomic E-state index is 0.203. The summed E-state index contributed by atoms with van der Waals surface area (Å²) in [5.74, 6) is -1.01. The number of carbonyl (C=O) groups is 1. The molecule has 1 aliphatic carbocycles. The fourth-order valence-corrected chi connectivity index (χ4v) is 2.01. The zero-order valence-corrected chi connectivity index (χ0v) is 11.0. The highest BCUT2D eigenvalue weighted by molar-refractivity contribution is 5.94. The van der Waals surface area contributed by atoms with E-state index in [1.165, 1.54) is 18.9 Å². The van der Waals surface area contributed by atoms with Crippen LogP contribution in [0.3, 0.4) is 0 Å². The molecule has 1 amide bonds. The van der Waals surface area contributed by atoms with E-state index in [0.29, 0.717) is 11.3 Å². The third kappa shape index (κ3) is 2.33. The standard InChI is InChI=1S/C14H19FN2O/c1-8-11(15)6-10(13(16)18)7-12(8)17-9(2)14(3)4-5-14/h6-7,9,17H,4-5H2,1-3H3,(H2,16,18). The van der Waals surface area contributed by atoms with E-state index in [4.69, 9.17) is 5.73 Å². The lowest BCUT2D eigenvalue weighted by Gasteiger charge is -2.23. The summed E-state index contributed by atoms with van der Waals surface area (Å²) < 4.78 is 13.7. The highest BCUT2D eigenvalue weighted by Gasteiger charge is 2.42. The van der Waals surface area contributed by atoms with E-state index in [2.05, 4.69) is 19.2 Å². The van der Waals surface area contributed by atoms with Crippen LogP contribution < -0.4 is 11.1 Å². The maximum atomic E-state index is 13.7. The van der Waals surface area contributed by atoms with Gasteiger partial charge in [0, 0.05) is 22.9 Å². The first-order valence-corrected chi connectivity index (χ1v) is 6.20. The molecule has 2 rings (SSSR count). The Morgan fingerprint density at radius 3 is 2.61 bits per heavy atom. The molecule has 18 heavy (non-hydrogen) atoms. The second-order valence-electron chi connectivity index (χ2n) is 5.51. The van der Waals surface area contributed by atoms with Crippen LogP contribution in [-0.2, 0) is 0 Å². The summed E-state index contributed by atoms with van der Waals surface area (Å²) in [5.41, 5.74) is 6.86. The zero-order valence-electron chi connectivity index (χ0n) is 11.0. The molecule has 1 atom stereocenters. The summed E-state index contributed by atoms with van der Waals surface area (Å²) in [4.78, 5) is 11.1. The van der Waals surface area contributed by atoms with Gasteiger partial charge in [-0.2, -0.15) is 0 Å². The molecule has 1 aliphatic rings. The highest BCUT2D eigenvalue weighted by atomic mass is 19.1. The van der Waals surface area contributed by atoms with Gasteiger partial charge >= 0.3 is 0 Å². The van der Waals surface area contributed by atoms with Crippen LogP contribution in [0, 0.1) is 18.2 Å². The van der Waals surface area contributed by atoms with E-state index in [1.807, 2.05) is 0 Å². The molecule has 0 bridgehead atoms. The maximum Gasteiger partial charge on any atom is 0.248 e. The predicted molar refractivity (Wildman–Crippen MR) is 70.1 cm³/mol. The molecular formula is C14H19FN2O. The smallest absolute Gasteiger partial charge is 0.248 e. The molecule has 0 heterocycles. The second-order valence-corrected chi connectivity index (χ2v) is 5.51. The van der Waals surface area contributed by atoms with Gasteiger partial charge in [-0.05, 0) is 44.2 Å². The van der Waals surface area contributed by atoms with Crippen molar-refractivity contribution >= 4 is 11.6 Å². The molecule has 3 N–H and O–H groups in total. The number of nitrogens with one attached hydrogen (secondary N) is 1. The van der Waals surface area contributed by atoms with E-state index < -0.39 is 11.7 Å². The second kappa shape index (κ2) is 4.26. The van der Waals surface area contributed by atoms with Crippen molar-refractivity contribution in [2.45, 2.75) is 39.7 Å². The summed E-state index contributed by atoms with van der Waals surface area (Å²) in [5, 5.41) is 3.30. The van der Waals surface area contributed by atoms with Gasteiger partial charge in [0.25, 0.3) is 0 Å². The van der Waals surface area contributed by atoms with E-state index in [9.17, 15) is 9.18 Å². The van der Waals surface area contributed by atoms with Crippen molar-refractivity contribution in [3.05, 3.63) is 29.1 Å². The van der Waals surface area contributed by atoms with Crippen LogP contribution in [0.5, 0.6) is 0 Å². The Hall–Kier alpha value is -1.58. The molecule has 0 aliphatic heterocycles. The Labute approximate surface area is 107 Å². The molecule has 4 heteroatoms. The van der Waals surface area contributed by atoms with Gasteiger partial charge in [-0.1, -0.05) is 6.92 Å². The van der Waals surface area contributed by atoms with Crippen LogP contribution in [0.15, 0.2) is 12.1 Å². The van der Waals surface area contributed by atoms with Crippen molar-refractivity contribution in [3.8, 4) is 0 Å². The lowest BCUT2D eigenvalue weighted by Crippen LogP contribution is -2.26. The first-order chi connectivity index (χ1) is 8.33. The molecule has 1 aromatic carbocycles. The number of halogens is 1. The Kier molecular flexibility index (Phi) is 3.05. The molecule has 3 nitrogen and oxygen atoms in total. The topological polar surface area (TPSA) is 55.1 Å². The largest absolute Gasteiger partial charge is 0.382 e. The molecular weight excluding hydrogens is 231 g/mol. The average molecular weight is 250 g/mol. The molecule has 1 aromatic rings. The van der Waals surface area contributed by atoms with Gasteiger partial charge in [0.2, 0.25) is 5.91 Å². The normalized spacial score (nSPS) is 18.2. The van der Waals surface area contributed by atoms with E-state index in [0.717, 1.165) is 0 Å². The minimum atomic E-state index is -0.609. The summed E-state index contributed by atoms with van der Waals surface area (Å²) in [6.07, 6.45) is 2.36. The number of nitrogens with two attached hydrogens (primary N) is 1. The van der Waals surface area contributed by atoms with Gasteiger partial charge in [-0.15, -0.1) is 0 Å². The van der Waals surface area contributed by atoms with Gasteiger partial charge in [-0.3, -0.25) is 4.79 Å². The number of primary amides is 1. The van der Waals surface area contributed by atoms with Crippen molar-refractivity contribution < 1.29 is 9.18 Å². The molecule has 1 unspecified atom stereocenters. The number of amides is 1. The summed E-state index contributed by atoms with van der Waals surface area (Å²) >= 11 is 0. The van der Waals surface area contributed by atoms with Crippen LogP contribution in [0.25, 0.3) is 0 Å². The Morgan fingerprint density at radius 1 is 1.50 bits per heavy atom. The first kappa shape index (κ1) is 12.9. The summed E-state index contributed by atoms with van der Waals surface area (Å²) in [6.45, 7) is 5.99. The van der Waals surface area contributed by atoms with Crippen LogP contribution >= 0.6 is 0 Å². The molecule has 0 aromatic heterocycles. The number of rotatable bonds is 4. The van der Waals surface area contributed by atoms with Crippen LogP contribution in [0.2, 0.25) is 0 Å². The molecule has 0 saturated heterocycles. The Balaban J connectivity index is 2.28. The number of hydrogen-bond donors (Lipinski definition) is 2. The maximum absolute atomic E-state index is 13.7. The van der Waals surface area contributed by atoms with Gasteiger partial charge in [0.05, 0.1) is 0 Å². The average Bonchev–Trinajstić information content (AvgIpc) is 3.03. The zero-order chi connectivity index (χ0) is 13.5. The van der Waals surface area contributed by atoms with Crippen molar-refractivity contribution in [2.24, 2.45) is 11.1 Å². The third-order valence-corrected chi connectivity index (χ3v) is 4.08. The van der Waals surface area contributed by atoms with Crippen molar-refractivity contribution in [1.29, 1.82) is 0 Å². The number of carbonyl (C=O) groups excluding carboxylic acids is 1. The van der Waals surface area contributed by atoms with Crippen LogP contribution in [0.1, 0.15) is 42.6 Å². The first-order valence-electron chi connectivity index (χ1n) is 6.20. The van der Waals surface area contributed by atoms with Gasteiger partial charge in [0.15, 0.2) is 0 Å². The highest BCUT2D eigenvalue weighted by Crippen LogP contribution is 2.49. The van der Waals surface area contributed by atoms with E-state index in [1.54, 1.807) is 13.0 Å². The fourth-order valence-electron chi connectivity index (χ4n) is 2.01. The van der Waals surface area contributed by atoms with Gasteiger partial charge < -0.3 is 11.1 Å². The van der Waals surface area contributed by atoms with Gasteiger partial charge in [0.1, 0.15) is 5.82 Å². The Morgan fingerprint density at radius 2 is 2.11 bits per heavy atom. The quantitative estimate of drug-likeness (QED) is 0.863. The van der Waals surface area contributed by atoms with Crippen molar-refractivity contribution in [1.82, 2.24) is 0 Å². The molecule has 0 spiro atoms. The number of hydrogen-bond acceptors (Lipinski definition) is 2. The predicted octanol–water partition coefficient (Wildman–Crippen LogP) is 2.83. The SMILES string of the molecule is Cc1c(F)cc(C(N)=O)cc1NC(C)C1(C)CC1. The lowest BCUT2D eigenvalue weighted by molar-refractivity contribution is 0.1000. The lowest BCUT2D eigenvalue weighted by atomic mass is 9.99. The molecule has 1 fully saturated rings. The molecule has 0 radical (unpaired) electrons. The van der Waals surface area contributed by atoms with Crippen molar-refractivity contribution in [3.63, 3.8) is 0 Å². The van der Waals surface area contributed by atoms with Crippen LogP contribution in [-0.4, -0.2) is 11.9 Å². The fraction of sp³-hybridized carbons (Fsp3) is 0.500. The number of benzene rings is 1.